The van der Waals surface area contributed by atoms with Crippen LogP contribution in [0.2, 0.25) is 0 Å². The SMILES string of the molecule is CCCC[C@H](N)C(=O)NCCC. The lowest BCUT2D eigenvalue weighted by atomic mass is 10.1. The van der Waals surface area contributed by atoms with Crippen molar-refractivity contribution in [3.05, 3.63) is 0 Å². The fourth-order valence-electron chi connectivity index (χ4n) is 0.934. The topological polar surface area (TPSA) is 55.1 Å². The van der Waals surface area contributed by atoms with Gasteiger partial charge in [-0.25, -0.2) is 0 Å². The van der Waals surface area contributed by atoms with Crippen LogP contribution in [0, 0.1) is 0 Å². The number of amides is 1. The molecule has 1 amide bonds. The average Bonchev–Trinajstić information content (AvgIpc) is 2.10. The lowest BCUT2D eigenvalue weighted by Crippen LogP contribution is -2.40. The molecule has 0 aliphatic rings. The first-order valence-electron chi connectivity index (χ1n) is 4.75. The molecular formula is C9H20N2O. The molecule has 0 fully saturated rings. The van der Waals surface area contributed by atoms with Crippen LogP contribution in [0.5, 0.6) is 0 Å². The molecule has 0 bridgehead atoms. The minimum absolute atomic E-state index is 0.00898. The summed E-state index contributed by atoms with van der Waals surface area (Å²) in [5.74, 6) is -0.00898. The van der Waals surface area contributed by atoms with E-state index < -0.39 is 0 Å². The van der Waals surface area contributed by atoms with Crippen molar-refractivity contribution in [2.45, 2.75) is 45.6 Å². The molecule has 12 heavy (non-hydrogen) atoms. The number of hydrogen-bond acceptors (Lipinski definition) is 2. The van der Waals surface area contributed by atoms with Crippen molar-refractivity contribution >= 4 is 5.91 Å². The summed E-state index contributed by atoms with van der Waals surface area (Å²) in [5.41, 5.74) is 5.63. The van der Waals surface area contributed by atoms with E-state index in [9.17, 15) is 4.79 Å². The van der Waals surface area contributed by atoms with Crippen LogP contribution in [0.3, 0.4) is 0 Å². The Kier molecular flexibility index (Phi) is 6.76. The van der Waals surface area contributed by atoms with Crippen LogP contribution in [-0.4, -0.2) is 18.5 Å². The zero-order chi connectivity index (χ0) is 9.40. The van der Waals surface area contributed by atoms with Crippen LogP contribution < -0.4 is 11.1 Å². The van der Waals surface area contributed by atoms with Crippen LogP contribution in [-0.2, 0) is 4.79 Å². The van der Waals surface area contributed by atoms with Gasteiger partial charge in [0.1, 0.15) is 0 Å². The highest BCUT2D eigenvalue weighted by atomic mass is 16.2. The number of hydrogen-bond donors (Lipinski definition) is 2. The van der Waals surface area contributed by atoms with E-state index in [-0.39, 0.29) is 11.9 Å². The quantitative estimate of drug-likeness (QED) is 0.628. The molecule has 3 heteroatoms. The summed E-state index contributed by atoms with van der Waals surface area (Å²) in [6.45, 7) is 4.85. The Morgan fingerprint density at radius 2 is 2.08 bits per heavy atom. The maximum Gasteiger partial charge on any atom is 0.236 e. The highest BCUT2D eigenvalue weighted by Gasteiger charge is 2.10. The van der Waals surface area contributed by atoms with E-state index in [0.29, 0.717) is 0 Å². The first-order valence-corrected chi connectivity index (χ1v) is 4.75. The highest BCUT2D eigenvalue weighted by molar-refractivity contribution is 5.81. The predicted molar refractivity (Wildman–Crippen MR) is 50.8 cm³/mol. The second-order valence-corrected chi connectivity index (χ2v) is 3.04. The summed E-state index contributed by atoms with van der Waals surface area (Å²) >= 11 is 0. The van der Waals surface area contributed by atoms with Gasteiger partial charge >= 0.3 is 0 Å². The Balaban J connectivity index is 3.47. The van der Waals surface area contributed by atoms with Gasteiger partial charge in [0.15, 0.2) is 0 Å². The van der Waals surface area contributed by atoms with Crippen LogP contribution in [0.25, 0.3) is 0 Å². The van der Waals surface area contributed by atoms with E-state index in [1.165, 1.54) is 0 Å². The number of nitrogens with two attached hydrogens (primary N) is 1. The maximum absolute atomic E-state index is 11.2. The molecule has 0 aliphatic heterocycles. The number of rotatable bonds is 6. The summed E-state index contributed by atoms with van der Waals surface area (Å²) in [6, 6.07) is -0.309. The van der Waals surface area contributed by atoms with Gasteiger partial charge in [0.25, 0.3) is 0 Å². The smallest absolute Gasteiger partial charge is 0.236 e. The van der Waals surface area contributed by atoms with Crippen LogP contribution in [0.4, 0.5) is 0 Å². The third kappa shape index (κ3) is 5.13. The Morgan fingerprint density at radius 1 is 1.42 bits per heavy atom. The van der Waals surface area contributed by atoms with Crippen molar-refractivity contribution in [3.8, 4) is 0 Å². The van der Waals surface area contributed by atoms with Gasteiger partial charge in [-0.15, -0.1) is 0 Å². The summed E-state index contributed by atoms with van der Waals surface area (Å²) in [7, 11) is 0. The fourth-order valence-corrected chi connectivity index (χ4v) is 0.934. The molecule has 1 atom stereocenters. The summed E-state index contributed by atoms with van der Waals surface area (Å²) < 4.78 is 0. The molecule has 0 rings (SSSR count). The van der Waals surface area contributed by atoms with Crippen LogP contribution in [0.1, 0.15) is 39.5 Å². The number of unbranched alkanes of at least 4 members (excludes halogenated alkanes) is 1. The lowest BCUT2D eigenvalue weighted by Gasteiger charge is -2.10. The van der Waals surface area contributed by atoms with Crippen LogP contribution in [0.15, 0.2) is 0 Å². The molecule has 0 aromatic heterocycles. The largest absolute Gasteiger partial charge is 0.355 e. The average molecular weight is 172 g/mol. The molecule has 0 unspecified atom stereocenters. The first-order chi connectivity index (χ1) is 5.72. The van der Waals surface area contributed by atoms with Gasteiger partial charge < -0.3 is 11.1 Å². The zero-order valence-electron chi connectivity index (χ0n) is 8.10. The molecule has 3 N–H and O–H groups in total. The Hall–Kier alpha value is -0.570. The monoisotopic (exact) mass is 172 g/mol. The van der Waals surface area contributed by atoms with Gasteiger partial charge in [-0.3, -0.25) is 4.79 Å². The van der Waals surface area contributed by atoms with Crippen molar-refractivity contribution in [3.63, 3.8) is 0 Å². The van der Waals surface area contributed by atoms with Gasteiger partial charge in [0.05, 0.1) is 6.04 Å². The second kappa shape index (κ2) is 7.10. The van der Waals surface area contributed by atoms with Crippen molar-refractivity contribution in [2.75, 3.05) is 6.54 Å². The van der Waals surface area contributed by atoms with Gasteiger partial charge in [-0.05, 0) is 12.8 Å². The molecule has 0 heterocycles. The second-order valence-electron chi connectivity index (χ2n) is 3.04. The minimum atomic E-state index is -0.309. The maximum atomic E-state index is 11.2. The standard InChI is InChI=1S/C9H20N2O/c1-3-5-6-8(10)9(12)11-7-4-2/h8H,3-7,10H2,1-2H3,(H,11,12)/t8-/m0/s1. The van der Waals surface area contributed by atoms with Crippen molar-refractivity contribution < 1.29 is 4.79 Å². The first kappa shape index (κ1) is 11.4. The van der Waals surface area contributed by atoms with E-state index >= 15 is 0 Å². The Bertz CT molecular complexity index is 126. The molecule has 72 valence electrons. The normalized spacial score (nSPS) is 12.6. The van der Waals surface area contributed by atoms with Gasteiger partial charge in [-0.2, -0.15) is 0 Å². The summed E-state index contributed by atoms with van der Waals surface area (Å²) in [6.07, 6.45) is 3.88. The van der Waals surface area contributed by atoms with Gasteiger partial charge in [-0.1, -0.05) is 26.7 Å². The van der Waals surface area contributed by atoms with Gasteiger partial charge in [0.2, 0.25) is 5.91 Å². The Morgan fingerprint density at radius 3 is 2.58 bits per heavy atom. The Labute approximate surface area is 74.7 Å². The lowest BCUT2D eigenvalue weighted by molar-refractivity contribution is -0.122. The molecule has 3 nitrogen and oxygen atoms in total. The van der Waals surface area contributed by atoms with E-state index in [0.717, 1.165) is 32.2 Å². The molecule has 0 saturated carbocycles. The molecule has 0 radical (unpaired) electrons. The number of carbonyl (C=O) groups excluding carboxylic acids is 1. The third-order valence-electron chi connectivity index (χ3n) is 1.75. The predicted octanol–water partition coefficient (Wildman–Crippen LogP) is 1.03. The molecule has 0 aromatic carbocycles. The zero-order valence-corrected chi connectivity index (χ0v) is 8.10. The van der Waals surface area contributed by atoms with Gasteiger partial charge in [0, 0.05) is 6.54 Å². The van der Waals surface area contributed by atoms with Crippen LogP contribution >= 0.6 is 0 Å². The van der Waals surface area contributed by atoms with Crippen molar-refractivity contribution in [1.29, 1.82) is 0 Å². The number of carbonyl (C=O) groups is 1. The molecule has 0 saturated heterocycles. The fraction of sp³-hybridized carbons (Fsp3) is 0.889. The van der Waals surface area contributed by atoms with E-state index in [1.807, 2.05) is 6.92 Å². The van der Waals surface area contributed by atoms with E-state index in [4.69, 9.17) is 5.73 Å². The molecule has 0 aliphatic carbocycles. The number of nitrogens with one attached hydrogen (secondary N) is 1. The minimum Gasteiger partial charge on any atom is -0.355 e. The summed E-state index contributed by atoms with van der Waals surface area (Å²) in [5, 5.41) is 2.78. The van der Waals surface area contributed by atoms with E-state index in [2.05, 4.69) is 12.2 Å². The van der Waals surface area contributed by atoms with E-state index in [1.54, 1.807) is 0 Å². The van der Waals surface area contributed by atoms with Crippen molar-refractivity contribution in [2.24, 2.45) is 5.73 Å². The molecule has 0 aromatic rings. The molecule has 0 spiro atoms. The third-order valence-corrected chi connectivity index (χ3v) is 1.75. The summed E-state index contributed by atoms with van der Waals surface area (Å²) in [4.78, 5) is 11.2. The highest BCUT2D eigenvalue weighted by Crippen LogP contribution is 1.97. The van der Waals surface area contributed by atoms with Crippen molar-refractivity contribution in [1.82, 2.24) is 5.32 Å². The molecular weight excluding hydrogens is 152 g/mol.